The number of carbonyl (C=O) groups is 1. The third-order valence-electron chi connectivity index (χ3n) is 2.22. The average molecular weight is 216 g/mol. The summed E-state index contributed by atoms with van der Waals surface area (Å²) in [6, 6.07) is -0.914. The highest BCUT2D eigenvalue weighted by Crippen LogP contribution is 2.03. The van der Waals surface area contributed by atoms with Crippen LogP contribution in [0.2, 0.25) is 0 Å². The number of nitrogens with zero attached hydrogens (tertiary/aromatic N) is 2. The van der Waals surface area contributed by atoms with Crippen molar-refractivity contribution in [1.29, 1.82) is 0 Å². The molecule has 0 spiro atoms. The fraction of sp³-hybridized carbons (Fsp3) is 0.889. The lowest BCUT2D eigenvalue weighted by Gasteiger charge is -2.27. The second kappa shape index (κ2) is 6.47. The van der Waals surface area contributed by atoms with Crippen molar-refractivity contribution in [3.8, 4) is 0 Å². The summed E-state index contributed by atoms with van der Waals surface area (Å²) >= 11 is 0. The van der Waals surface area contributed by atoms with Gasteiger partial charge in [0.05, 0.1) is 19.8 Å². The molecule has 0 aliphatic carbocycles. The minimum Gasteiger partial charge on any atom is -0.464 e. The first-order valence-corrected chi connectivity index (χ1v) is 5.07. The van der Waals surface area contributed by atoms with E-state index in [1.807, 2.05) is 4.90 Å². The topological polar surface area (TPSA) is 68.2 Å². The first-order chi connectivity index (χ1) is 7.27. The molecule has 1 aliphatic rings. The monoisotopic (exact) mass is 216 g/mol. The molecule has 1 fully saturated rings. The standard InChI is InChI=1S/C9H16N2O4/c1-2-15-9(12)8(10-13)7-11-3-5-14-6-4-11/h8H,2-7H2,1H3. The zero-order chi connectivity index (χ0) is 11.1. The van der Waals surface area contributed by atoms with E-state index < -0.39 is 12.0 Å². The highest BCUT2D eigenvalue weighted by Gasteiger charge is 2.24. The summed E-state index contributed by atoms with van der Waals surface area (Å²) in [6.07, 6.45) is 0. The predicted octanol–water partition coefficient (Wildman–Crippen LogP) is 0.0167. The van der Waals surface area contributed by atoms with Crippen molar-refractivity contribution in [1.82, 2.24) is 4.90 Å². The Morgan fingerprint density at radius 3 is 2.73 bits per heavy atom. The maximum atomic E-state index is 11.3. The third kappa shape index (κ3) is 3.93. The lowest BCUT2D eigenvalue weighted by Crippen LogP contribution is -2.43. The van der Waals surface area contributed by atoms with Crippen LogP contribution in [0.4, 0.5) is 0 Å². The number of hydrogen-bond acceptors (Lipinski definition) is 6. The van der Waals surface area contributed by atoms with Crippen molar-refractivity contribution in [2.24, 2.45) is 5.18 Å². The molecule has 6 heteroatoms. The van der Waals surface area contributed by atoms with E-state index in [1.165, 1.54) is 0 Å². The van der Waals surface area contributed by atoms with Gasteiger partial charge in [0, 0.05) is 19.6 Å². The molecule has 15 heavy (non-hydrogen) atoms. The van der Waals surface area contributed by atoms with E-state index in [0.29, 0.717) is 19.8 Å². The summed E-state index contributed by atoms with van der Waals surface area (Å²) in [5.41, 5.74) is 0. The Hall–Kier alpha value is -1.01. The van der Waals surface area contributed by atoms with E-state index in [2.05, 4.69) is 5.18 Å². The molecule has 1 heterocycles. The molecular weight excluding hydrogens is 200 g/mol. The minimum atomic E-state index is -0.914. The Bertz CT molecular complexity index is 216. The van der Waals surface area contributed by atoms with Crippen molar-refractivity contribution in [3.05, 3.63) is 4.91 Å². The Kier molecular flexibility index (Phi) is 5.20. The molecule has 6 nitrogen and oxygen atoms in total. The molecule has 1 saturated heterocycles. The van der Waals surface area contributed by atoms with E-state index in [0.717, 1.165) is 13.1 Å². The zero-order valence-corrected chi connectivity index (χ0v) is 8.85. The van der Waals surface area contributed by atoms with Crippen LogP contribution in [0.15, 0.2) is 5.18 Å². The summed E-state index contributed by atoms with van der Waals surface area (Å²) in [6.45, 7) is 5.02. The van der Waals surface area contributed by atoms with Crippen LogP contribution in [0, 0.1) is 4.91 Å². The van der Waals surface area contributed by atoms with Crippen LogP contribution in [0.25, 0.3) is 0 Å². The van der Waals surface area contributed by atoms with E-state index in [4.69, 9.17) is 9.47 Å². The minimum absolute atomic E-state index is 0.272. The summed E-state index contributed by atoms with van der Waals surface area (Å²) in [4.78, 5) is 23.7. The van der Waals surface area contributed by atoms with Crippen molar-refractivity contribution in [2.45, 2.75) is 13.0 Å². The SMILES string of the molecule is CCOC(=O)C(CN1CCOCC1)N=O. The van der Waals surface area contributed by atoms with Gasteiger partial charge < -0.3 is 9.47 Å². The molecule has 1 rings (SSSR count). The van der Waals surface area contributed by atoms with E-state index in [1.54, 1.807) is 6.92 Å². The van der Waals surface area contributed by atoms with Gasteiger partial charge >= 0.3 is 5.97 Å². The molecular formula is C9H16N2O4. The van der Waals surface area contributed by atoms with Gasteiger partial charge in [-0.25, -0.2) is 4.79 Å². The van der Waals surface area contributed by atoms with Gasteiger partial charge in [-0.05, 0) is 6.92 Å². The number of carbonyl (C=O) groups excluding carboxylic acids is 1. The quantitative estimate of drug-likeness (QED) is 0.478. The molecule has 0 N–H and O–H groups in total. The molecule has 0 amide bonds. The lowest BCUT2D eigenvalue weighted by molar-refractivity contribution is -0.145. The zero-order valence-electron chi connectivity index (χ0n) is 8.85. The van der Waals surface area contributed by atoms with Gasteiger partial charge in [-0.3, -0.25) is 4.90 Å². The maximum absolute atomic E-state index is 11.3. The molecule has 0 radical (unpaired) electrons. The molecule has 0 aromatic rings. The molecule has 1 aliphatic heterocycles. The fourth-order valence-corrected chi connectivity index (χ4v) is 1.42. The molecule has 0 aromatic heterocycles. The predicted molar refractivity (Wildman–Crippen MR) is 53.5 cm³/mol. The highest BCUT2D eigenvalue weighted by atomic mass is 16.5. The smallest absolute Gasteiger partial charge is 0.335 e. The summed E-state index contributed by atoms with van der Waals surface area (Å²) in [7, 11) is 0. The highest BCUT2D eigenvalue weighted by molar-refractivity contribution is 5.76. The molecule has 0 aromatic carbocycles. The normalized spacial score (nSPS) is 19.5. The first kappa shape index (κ1) is 12.1. The first-order valence-electron chi connectivity index (χ1n) is 5.07. The number of ether oxygens (including phenoxy) is 2. The number of esters is 1. The molecule has 86 valence electrons. The Balaban J connectivity index is 2.37. The van der Waals surface area contributed by atoms with Crippen molar-refractivity contribution < 1.29 is 14.3 Å². The largest absolute Gasteiger partial charge is 0.464 e. The lowest BCUT2D eigenvalue weighted by atomic mass is 10.2. The molecule has 0 saturated carbocycles. The van der Waals surface area contributed by atoms with Crippen molar-refractivity contribution in [2.75, 3.05) is 39.5 Å². The van der Waals surface area contributed by atoms with Crippen LogP contribution in [0.1, 0.15) is 6.92 Å². The number of hydrogen-bond donors (Lipinski definition) is 0. The van der Waals surface area contributed by atoms with Gasteiger partial charge in [0.25, 0.3) is 0 Å². The molecule has 0 bridgehead atoms. The van der Waals surface area contributed by atoms with E-state index >= 15 is 0 Å². The number of nitroso groups, excluding NO2 is 1. The summed E-state index contributed by atoms with van der Waals surface area (Å²) in [5.74, 6) is -0.543. The van der Waals surface area contributed by atoms with Crippen LogP contribution < -0.4 is 0 Å². The fourth-order valence-electron chi connectivity index (χ4n) is 1.42. The van der Waals surface area contributed by atoms with Crippen molar-refractivity contribution in [3.63, 3.8) is 0 Å². The summed E-state index contributed by atoms with van der Waals surface area (Å²) in [5, 5.41) is 2.79. The van der Waals surface area contributed by atoms with Gasteiger partial charge in [0.1, 0.15) is 0 Å². The number of rotatable bonds is 5. The van der Waals surface area contributed by atoms with Crippen LogP contribution in [-0.2, 0) is 14.3 Å². The molecule has 1 unspecified atom stereocenters. The van der Waals surface area contributed by atoms with Gasteiger partial charge in [-0.2, -0.15) is 0 Å². The van der Waals surface area contributed by atoms with Gasteiger partial charge in [-0.1, -0.05) is 5.18 Å². The molecule has 1 atom stereocenters. The number of morpholine rings is 1. The van der Waals surface area contributed by atoms with Gasteiger partial charge in [-0.15, -0.1) is 4.91 Å². The van der Waals surface area contributed by atoms with E-state index in [9.17, 15) is 9.70 Å². The Morgan fingerprint density at radius 1 is 1.53 bits per heavy atom. The van der Waals surface area contributed by atoms with Gasteiger partial charge in [0.2, 0.25) is 6.04 Å². The van der Waals surface area contributed by atoms with Crippen LogP contribution in [0.3, 0.4) is 0 Å². The van der Waals surface area contributed by atoms with Crippen molar-refractivity contribution >= 4 is 5.97 Å². The maximum Gasteiger partial charge on any atom is 0.335 e. The summed E-state index contributed by atoms with van der Waals surface area (Å²) < 4.78 is 9.90. The Labute approximate surface area is 88.5 Å². The van der Waals surface area contributed by atoms with Crippen LogP contribution >= 0.6 is 0 Å². The second-order valence-electron chi connectivity index (χ2n) is 3.29. The van der Waals surface area contributed by atoms with Crippen LogP contribution in [0.5, 0.6) is 0 Å². The van der Waals surface area contributed by atoms with Crippen LogP contribution in [-0.4, -0.2) is 56.4 Å². The third-order valence-corrected chi connectivity index (χ3v) is 2.22. The Morgan fingerprint density at radius 2 is 2.20 bits per heavy atom. The van der Waals surface area contributed by atoms with E-state index in [-0.39, 0.29) is 6.61 Å². The average Bonchev–Trinajstić information content (AvgIpc) is 2.27. The van der Waals surface area contributed by atoms with Gasteiger partial charge in [0.15, 0.2) is 0 Å². The second-order valence-corrected chi connectivity index (χ2v) is 3.29.